The molecule has 0 aromatic heterocycles. The number of rotatable bonds is 2. The molecule has 13 heavy (non-hydrogen) atoms. The third-order valence-corrected chi connectivity index (χ3v) is 2.43. The summed E-state index contributed by atoms with van der Waals surface area (Å²) in [6, 6.07) is 0. The zero-order valence-electron chi connectivity index (χ0n) is 9.08. The minimum Gasteiger partial charge on any atom is -0.378 e. The van der Waals surface area contributed by atoms with Crippen LogP contribution in [0.4, 0.5) is 0 Å². The van der Waals surface area contributed by atoms with Crippen molar-refractivity contribution < 1.29 is 9.84 Å². The van der Waals surface area contributed by atoms with E-state index in [9.17, 15) is 5.11 Å². The van der Waals surface area contributed by atoms with Crippen molar-refractivity contribution >= 4 is 0 Å². The second kappa shape index (κ2) is 3.95. The molecule has 0 radical (unpaired) electrons. The Morgan fingerprint density at radius 2 is 2.00 bits per heavy atom. The number of hydrogen-bond acceptors (Lipinski definition) is 3. The van der Waals surface area contributed by atoms with E-state index in [-0.39, 0.29) is 17.7 Å². The van der Waals surface area contributed by atoms with Gasteiger partial charge in [0.25, 0.3) is 0 Å². The Bertz CT molecular complexity index is 168. The van der Waals surface area contributed by atoms with E-state index >= 15 is 0 Å². The summed E-state index contributed by atoms with van der Waals surface area (Å²) in [6.07, 6.45) is -0.330. The van der Waals surface area contributed by atoms with Crippen LogP contribution in [0.15, 0.2) is 0 Å². The summed E-state index contributed by atoms with van der Waals surface area (Å²) in [5.41, 5.74) is -0.117. The van der Waals surface area contributed by atoms with Gasteiger partial charge in [-0.1, -0.05) is 13.8 Å². The van der Waals surface area contributed by atoms with Gasteiger partial charge in [-0.25, -0.2) is 0 Å². The third-order valence-electron chi connectivity index (χ3n) is 2.43. The molecule has 1 fully saturated rings. The summed E-state index contributed by atoms with van der Waals surface area (Å²) < 4.78 is 5.57. The van der Waals surface area contributed by atoms with Crippen molar-refractivity contribution in [2.45, 2.75) is 39.5 Å². The lowest BCUT2D eigenvalue weighted by molar-refractivity contribution is -0.142. The molecule has 0 bridgehead atoms. The van der Waals surface area contributed by atoms with Crippen molar-refractivity contribution in [2.75, 3.05) is 19.7 Å². The van der Waals surface area contributed by atoms with Crippen molar-refractivity contribution in [3.63, 3.8) is 0 Å². The highest BCUT2D eigenvalue weighted by Crippen LogP contribution is 2.19. The van der Waals surface area contributed by atoms with Crippen LogP contribution in [-0.2, 0) is 4.74 Å². The number of aliphatic hydroxyl groups is 1. The molecule has 0 saturated carbocycles. The number of aliphatic hydroxyl groups excluding tert-OH is 1. The van der Waals surface area contributed by atoms with Gasteiger partial charge in [-0.3, -0.25) is 4.90 Å². The van der Waals surface area contributed by atoms with Gasteiger partial charge in [-0.05, 0) is 19.8 Å². The Labute approximate surface area is 80.7 Å². The highest BCUT2D eigenvalue weighted by molar-refractivity contribution is 4.80. The van der Waals surface area contributed by atoms with Gasteiger partial charge >= 0.3 is 0 Å². The predicted molar refractivity (Wildman–Crippen MR) is 52.4 cm³/mol. The minimum atomic E-state index is -0.330. The molecule has 0 aromatic carbocycles. The minimum absolute atomic E-state index is 0.117. The lowest BCUT2D eigenvalue weighted by atomic mass is 10.1. The van der Waals surface area contributed by atoms with Crippen LogP contribution in [0.1, 0.15) is 27.7 Å². The Balaban J connectivity index is 2.51. The number of morpholine rings is 1. The summed E-state index contributed by atoms with van der Waals surface area (Å²) in [5.74, 6) is 0.286. The summed E-state index contributed by atoms with van der Waals surface area (Å²) >= 11 is 0. The summed E-state index contributed by atoms with van der Waals surface area (Å²) in [5, 5.41) is 9.85. The van der Waals surface area contributed by atoms with Crippen LogP contribution < -0.4 is 0 Å². The summed E-state index contributed by atoms with van der Waals surface area (Å²) in [4.78, 5) is 2.09. The predicted octanol–water partition coefficient (Wildman–Crippen LogP) is 1.07. The summed E-state index contributed by atoms with van der Waals surface area (Å²) in [6.45, 7) is 10.6. The van der Waals surface area contributed by atoms with E-state index in [4.69, 9.17) is 4.74 Å². The molecular formula is C10H21NO2. The zero-order valence-corrected chi connectivity index (χ0v) is 9.08. The topological polar surface area (TPSA) is 32.7 Å². The Kier molecular flexibility index (Phi) is 3.33. The average molecular weight is 187 g/mol. The van der Waals surface area contributed by atoms with Crippen molar-refractivity contribution in [3.05, 3.63) is 0 Å². The SMILES string of the molecule is CC(C)C(O)N1CCOC(C)(C)C1. The summed E-state index contributed by atoms with van der Waals surface area (Å²) in [7, 11) is 0. The normalized spacial score (nSPS) is 26.3. The first-order chi connectivity index (χ1) is 5.92. The molecule has 1 heterocycles. The molecule has 3 nitrogen and oxygen atoms in total. The van der Waals surface area contributed by atoms with Crippen molar-refractivity contribution in [3.8, 4) is 0 Å². The molecule has 1 rings (SSSR count). The van der Waals surface area contributed by atoms with Crippen LogP contribution in [0, 0.1) is 5.92 Å². The monoisotopic (exact) mass is 187 g/mol. The molecule has 0 aliphatic carbocycles. The number of nitrogens with zero attached hydrogens (tertiary/aromatic N) is 1. The molecule has 0 spiro atoms. The van der Waals surface area contributed by atoms with E-state index in [1.54, 1.807) is 0 Å². The first-order valence-corrected chi connectivity index (χ1v) is 4.98. The maximum atomic E-state index is 9.85. The maximum Gasteiger partial charge on any atom is 0.109 e. The highest BCUT2D eigenvalue weighted by Gasteiger charge is 2.31. The van der Waals surface area contributed by atoms with E-state index < -0.39 is 0 Å². The Morgan fingerprint density at radius 1 is 1.38 bits per heavy atom. The molecule has 3 heteroatoms. The Hall–Kier alpha value is -0.120. The fraction of sp³-hybridized carbons (Fsp3) is 1.00. The molecule has 1 aliphatic rings. The molecule has 0 amide bonds. The fourth-order valence-electron chi connectivity index (χ4n) is 1.70. The van der Waals surface area contributed by atoms with Gasteiger partial charge in [0.15, 0.2) is 0 Å². The second-order valence-corrected chi connectivity index (χ2v) is 4.74. The number of hydrogen-bond donors (Lipinski definition) is 1. The third kappa shape index (κ3) is 2.93. The van der Waals surface area contributed by atoms with Crippen LogP contribution in [0.25, 0.3) is 0 Å². The highest BCUT2D eigenvalue weighted by atomic mass is 16.5. The fourth-order valence-corrected chi connectivity index (χ4v) is 1.70. The van der Waals surface area contributed by atoms with Gasteiger partial charge in [-0.2, -0.15) is 0 Å². The van der Waals surface area contributed by atoms with Gasteiger partial charge < -0.3 is 9.84 Å². The van der Waals surface area contributed by atoms with E-state index in [0.29, 0.717) is 0 Å². The van der Waals surface area contributed by atoms with Crippen LogP contribution in [0.3, 0.4) is 0 Å². The average Bonchev–Trinajstić information content (AvgIpc) is 2.01. The van der Waals surface area contributed by atoms with E-state index in [2.05, 4.69) is 18.7 Å². The van der Waals surface area contributed by atoms with Gasteiger partial charge in [-0.15, -0.1) is 0 Å². The lowest BCUT2D eigenvalue weighted by Crippen LogP contribution is -2.53. The van der Waals surface area contributed by atoms with Gasteiger partial charge in [0.2, 0.25) is 0 Å². The first kappa shape index (κ1) is 11.0. The quantitative estimate of drug-likeness (QED) is 0.702. The van der Waals surface area contributed by atoms with Crippen molar-refractivity contribution in [2.24, 2.45) is 5.92 Å². The van der Waals surface area contributed by atoms with Gasteiger partial charge in [0.05, 0.1) is 12.2 Å². The van der Waals surface area contributed by atoms with Crippen LogP contribution in [-0.4, -0.2) is 41.5 Å². The molecule has 1 aliphatic heterocycles. The molecule has 1 unspecified atom stereocenters. The van der Waals surface area contributed by atoms with E-state index in [1.165, 1.54) is 0 Å². The van der Waals surface area contributed by atoms with E-state index in [1.807, 2.05) is 13.8 Å². The first-order valence-electron chi connectivity index (χ1n) is 4.98. The van der Waals surface area contributed by atoms with Crippen molar-refractivity contribution in [1.82, 2.24) is 4.90 Å². The molecule has 0 aromatic rings. The standard InChI is InChI=1S/C10H21NO2/c1-8(2)9(12)11-5-6-13-10(3,4)7-11/h8-9,12H,5-7H2,1-4H3. The van der Waals surface area contributed by atoms with Gasteiger partial charge in [0, 0.05) is 13.1 Å². The molecule has 1 N–H and O–H groups in total. The lowest BCUT2D eigenvalue weighted by Gasteiger charge is -2.41. The largest absolute Gasteiger partial charge is 0.378 e. The maximum absolute atomic E-state index is 9.85. The molecule has 78 valence electrons. The molecule has 1 atom stereocenters. The van der Waals surface area contributed by atoms with Crippen LogP contribution in [0.2, 0.25) is 0 Å². The van der Waals surface area contributed by atoms with E-state index in [0.717, 1.165) is 19.7 Å². The second-order valence-electron chi connectivity index (χ2n) is 4.74. The molecule has 1 saturated heterocycles. The molecular weight excluding hydrogens is 166 g/mol. The van der Waals surface area contributed by atoms with Crippen LogP contribution in [0.5, 0.6) is 0 Å². The Morgan fingerprint density at radius 3 is 2.46 bits per heavy atom. The van der Waals surface area contributed by atoms with Crippen molar-refractivity contribution in [1.29, 1.82) is 0 Å². The van der Waals surface area contributed by atoms with Crippen LogP contribution >= 0.6 is 0 Å². The van der Waals surface area contributed by atoms with Gasteiger partial charge in [0.1, 0.15) is 6.23 Å². The number of ether oxygens (including phenoxy) is 1. The zero-order chi connectivity index (χ0) is 10.1. The smallest absolute Gasteiger partial charge is 0.109 e.